The van der Waals surface area contributed by atoms with E-state index in [9.17, 15) is 5.26 Å². The molecule has 1 saturated carbocycles. The van der Waals surface area contributed by atoms with Crippen LogP contribution in [0, 0.1) is 29.1 Å². The molecule has 154 valence electrons. The highest BCUT2D eigenvalue weighted by Crippen LogP contribution is 2.40. The zero-order chi connectivity index (χ0) is 19.9. The average molecular weight is 379 g/mol. The van der Waals surface area contributed by atoms with Crippen LogP contribution in [0.15, 0.2) is 16.9 Å². The second kappa shape index (κ2) is 14.5. The standard InChI is InChI=1S/C21H38N4O2/c1-5-10-19(23-11-8-13-26-6-2)25-21(24-12-9-14-27-7-3)20-17(4)15-18(20)16-22/h10,17-18,20,23H,5-9,11-15H2,1-4H3,(H,24,25)/b19-10-. The van der Waals surface area contributed by atoms with E-state index in [-0.39, 0.29) is 11.8 Å². The number of rotatable bonds is 14. The number of hydrogen-bond donors (Lipinski definition) is 2. The Morgan fingerprint density at radius 2 is 1.89 bits per heavy atom. The summed E-state index contributed by atoms with van der Waals surface area (Å²) in [4.78, 5) is 4.81. The summed E-state index contributed by atoms with van der Waals surface area (Å²) < 4.78 is 10.8. The van der Waals surface area contributed by atoms with Crippen molar-refractivity contribution in [3.63, 3.8) is 0 Å². The van der Waals surface area contributed by atoms with Gasteiger partial charge >= 0.3 is 0 Å². The van der Waals surface area contributed by atoms with Crippen LogP contribution in [0.3, 0.4) is 0 Å². The largest absolute Gasteiger partial charge is 0.382 e. The predicted molar refractivity (Wildman–Crippen MR) is 110 cm³/mol. The number of nitrogens with zero attached hydrogens (tertiary/aromatic N) is 2. The zero-order valence-electron chi connectivity index (χ0n) is 17.6. The summed E-state index contributed by atoms with van der Waals surface area (Å²) in [5, 5.41) is 16.4. The van der Waals surface area contributed by atoms with Crippen molar-refractivity contribution in [3.8, 4) is 6.07 Å². The Labute approximate surface area is 165 Å². The van der Waals surface area contributed by atoms with Gasteiger partial charge in [-0.3, -0.25) is 4.99 Å². The summed E-state index contributed by atoms with van der Waals surface area (Å²) in [6, 6.07) is 2.44. The van der Waals surface area contributed by atoms with Gasteiger partial charge in [-0.1, -0.05) is 13.8 Å². The third-order valence-electron chi connectivity index (χ3n) is 4.74. The molecule has 0 heterocycles. The van der Waals surface area contributed by atoms with Crippen LogP contribution >= 0.6 is 0 Å². The lowest BCUT2D eigenvalue weighted by atomic mass is 9.65. The van der Waals surface area contributed by atoms with Gasteiger partial charge in [-0.2, -0.15) is 5.26 Å². The van der Waals surface area contributed by atoms with E-state index in [1.165, 1.54) is 0 Å². The molecule has 6 heteroatoms. The SMILES string of the molecule is CC/C=C(/NCCCOCC)NC(=NCCCOCC)C1C(C)CC1C#N. The highest BCUT2D eigenvalue weighted by atomic mass is 16.5. The first-order valence-electron chi connectivity index (χ1n) is 10.5. The lowest BCUT2D eigenvalue weighted by Gasteiger charge is -2.40. The number of aliphatic imine (C=N–C) groups is 1. The molecule has 3 unspecified atom stereocenters. The fourth-order valence-corrected chi connectivity index (χ4v) is 3.28. The highest BCUT2D eigenvalue weighted by Gasteiger charge is 2.41. The molecule has 2 N–H and O–H groups in total. The van der Waals surface area contributed by atoms with Crippen molar-refractivity contribution in [2.75, 3.05) is 39.5 Å². The molecular formula is C21H38N4O2. The fraction of sp³-hybridized carbons (Fsp3) is 0.810. The summed E-state index contributed by atoms with van der Waals surface area (Å²) in [6.45, 7) is 12.9. The molecule has 0 amide bonds. The Hall–Kier alpha value is -1.58. The monoisotopic (exact) mass is 378 g/mol. The van der Waals surface area contributed by atoms with Crippen LogP contribution in [0.1, 0.15) is 53.4 Å². The first-order valence-corrected chi connectivity index (χ1v) is 10.5. The lowest BCUT2D eigenvalue weighted by molar-refractivity contribution is 0.145. The summed E-state index contributed by atoms with van der Waals surface area (Å²) in [5.41, 5.74) is 0. The number of ether oxygens (including phenoxy) is 2. The van der Waals surface area contributed by atoms with Crippen LogP contribution in [0.4, 0.5) is 0 Å². The molecule has 1 rings (SSSR count). The number of amidine groups is 1. The van der Waals surface area contributed by atoms with Gasteiger partial charge < -0.3 is 20.1 Å². The number of nitriles is 1. The maximum absolute atomic E-state index is 9.43. The second-order valence-corrected chi connectivity index (χ2v) is 6.92. The topological polar surface area (TPSA) is 78.7 Å². The van der Waals surface area contributed by atoms with Gasteiger partial charge in [-0.15, -0.1) is 0 Å². The van der Waals surface area contributed by atoms with Gasteiger partial charge in [0.25, 0.3) is 0 Å². The molecule has 0 bridgehead atoms. The molecule has 0 aliphatic heterocycles. The summed E-state index contributed by atoms with van der Waals surface area (Å²) >= 11 is 0. The predicted octanol–water partition coefficient (Wildman–Crippen LogP) is 3.46. The molecule has 1 fully saturated rings. The van der Waals surface area contributed by atoms with Crippen molar-refractivity contribution in [1.82, 2.24) is 10.6 Å². The molecule has 1 aliphatic rings. The Morgan fingerprint density at radius 1 is 1.19 bits per heavy atom. The molecule has 3 atom stereocenters. The molecule has 0 aromatic carbocycles. The van der Waals surface area contributed by atoms with Crippen LogP contribution in [0.5, 0.6) is 0 Å². The van der Waals surface area contributed by atoms with Crippen molar-refractivity contribution < 1.29 is 9.47 Å². The number of nitrogens with one attached hydrogen (secondary N) is 2. The van der Waals surface area contributed by atoms with Gasteiger partial charge in [0, 0.05) is 45.4 Å². The molecule has 0 aromatic heterocycles. The Morgan fingerprint density at radius 3 is 2.48 bits per heavy atom. The van der Waals surface area contributed by atoms with E-state index in [2.05, 4.69) is 36.6 Å². The minimum Gasteiger partial charge on any atom is -0.382 e. The molecule has 27 heavy (non-hydrogen) atoms. The summed E-state index contributed by atoms with van der Waals surface area (Å²) in [5.74, 6) is 2.64. The molecule has 0 saturated heterocycles. The van der Waals surface area contributed by atoms with E-state index >= 15 is 0 Å². The zero-order valence-corrected chi connectivity index (χ0v) is 17.6. The van der Waals surface area contributed by atoms with Crippen LogP contribution in [0.25, 0.3) is 0 Å². The second-order valence-electron chi connectivity index (χ2n) is 6.92. The van der Waals surface area contributed by atoms with Crippen molar-refractivity contribution in [1.29, 1.82) is 5.26 Å². The minimum absolute atomic E-state index is 0.0546. The minimum atomic E-state index is 0.0546. The van der Waals surface area contributed by atoms with E-state index in [0.29, 0.717) is 12.5 Å². The van der Waals surface area contributed by atoms with E-state index in [4.69, 9.17) is 14.5 Å². The average Bonchev–Trinajstić information content (AvgIpc) is 2.65. The normalized spacial score (nSPS) is 22.9. The van der Waals surface area contributed by atoms with Gasteiger partial charge in [0.1, 0.15) is 5.84 Å². The maximum atomic E-state index is 9.43. The fourth-order valence-electron chi connectivity index (χ4n) is 3.28. The van der Waals surface area contributed by atoms with E-state index < -0.39 is 0 Å². The molecule has 0 aromatic rings. The van der Waals surface area contributed by atoms with Crippen LogP contribution in [0.2, 0.25) is 0 Å². The van der Waals surface area contributed by atoms with Crippen molar-refractivity contribution in [2.45, 2.75) is 53.4 Å². The lowest BCUT2D eigenvalue weighted by Crippen LogP contribution is -2.47. The number of hydrogen-bond acceptors (Lipinski definition) is 5. The van der Waals surface area contributed by atoms with Gasteiger partial charge in [-0.25, -0.2) is 0 Å². The van der Waals surface area contributed by atoms with Crippen molar-refractivity contribution in [2.24, 2.45) is 22.7 Å². The molecule has 0 spiro atoms. The Balaban J connectivity index is 2.69. The molecule has 1 aliphatic carbocycles. The van der Waals surface area contributed by atoms with E-state index in [1.54, 1.807) is 0 Å². The number of allylic oxidation sites excluding steroid dienone is 1. The van der Waals surface area contributed by atoms with Crippen LogP contribution in [-0.2, 0) is 9.47 Å². The third kappa shape index (κ3) is 8.77. The van der Waals surface area contributed by atoms with Crippen molar-refractivity contribution in [3.05, 3.63) is 11.9 Å². The molecular weight excluding hydrogens is 340 g/mol. The Bertz CT molecular complexity index is 499. The smallest absolute Gasteiger partial charge is 0.106 e. The van der Waals surface area contributed by atoms with Crippen LogP contribution < -0.4 is 10.6 Å². The van der Waals surface area contributed by atoms with Crippen LogP contribution in [-0.4, -0.2) is 45.4 Å². The van der Waals surface area contributed by atoms with Gasteiger partial charge in [-0.05, 0) is 51.5 Å². The summed E-state index contributed by atoms with van der Waals surface area (Å²) in [7, 11) is 0. The van der Waals surface area contributed by atoms with E-state index in [0.717, 1.165) is 70.3 Å². The van der Waals surface area contributed by atoms with Gasteiger partial charge in [0.15, 0.2) is 0 Å². The van der Waals surface area contributed by atoms with Gasteiger partial charge in [0.2, 0.25) is 0 Å². The Kier molecular flexibility index (Phi) is 12.6. The first kappa shape index (κ1) is 23.5. The quantitative estimate of drug-likeness (QED) is 0.275. The van der Waals surface area contributed by atoms with E-state index in [1.807, 2.05) is 13.8 Å². The third-order valence-corrected chi connectivity index (χ3v) is 4.74. The highest BCUT2D eigenvalue weighted by molar-refractivity contribution is 5.87. The molecule has 0 radical (unpaired) electrons. The maximum Gasteiger partial charge on any atom is 0.106 e. The van der Waals surface area contributed by atoms with Gasteiger partial charge in [0.05, 0.1) is 17.8 Å². The molecule has 6 nitrogen and oxygen atoms in total. The summed E-state index contributed by atoms with van der Waals surface area (Å²) in [6.07, 6.45) is 5.88. The first-order chi connectivity index (χ1) is 13.2. The van der Waals surface area contributed by atoms with Crippen molar-refractivity contribution >= 4 is 5.84 Å².